The van der Waals surface area contributed by atoms with Crippen LogP contribution < -0.4 is 10.9 Å². The third kappa shape index (κ3) is 2.75. The number of hydrogen-bond acceptors (Lipinski definition) is 4. The van der Waals surface area contributed by atoms with E-state index in [-0.39, 0.29) is 5.56 Å². The fourth-order valence-corrected chi connectivity index (χ4v) is 4.40. The van der Waals surface area contributed by atoms with E-state index in [1.807, 2.05) is 0 Å². The summed E-state index contributed by atoms with van der Waals surface area (Å²) in [6.07, 6.45) is -2.96. The van der Waals surface area contributed by atoms with Gasteiger partial charge in [-0.15, -0.1) is 11.3 Å². The fourth-order valence-electron chi connectivity index (χ4n) is 3.25. The van der Waals surface area contributed by atoms with Gasteiger partial charge < -0.3 is 5.32 Å². The molecule has 0 saturated carbocycles. The molecule has 4 nitrogen and oxygen atoms in total. The lowest BCUT2D eigenvalue weighted by Gasteiger charge is -2.23. The molecule has 1 atom stereocenters. The van der Waals surface area contributed by atoms with E-state index in [0.29, 0.717) is 34.3 Å². The Morgan fingerprint density at radius 2 is 2.00 bits per heavy atom. The molecule has 0 aliphatic carbocycles. The van der Waals surface area contributed by atoms with Gasteiger partial charge in [-0.05, 0) is 24.1 Å². The molecule has 0 spiro atoms. The van der Waals surface area contributed by atoms with Crippen molar-refractivity contribution in [2.45, 2.75) is 25.2 Å². The van der Waals surface area contributed by atoms with E-state index in [2.05, 4.69) is 10.3 Å². The van der Waals surface area contributed by atoms with E-state index in [9.17, 15) is 18.0 Å². The van der Waals surface area contributed by atoms with Crippen molar-refractivity contribution in [3.05, 3.63) is 63.0 Å². The van der Waals surface area contributed by atoms with Crippen molar-refractivity contribution in [2.24, 2.45) is 0 Å². The number of aromatic nitrogens is 2. The van der Waals surface area contributed by atoms with E-state index in [4.69, 9.17) is 0 Å². The minimum absolute atomic E-state index is 0.0176. The summed E-state index contributed by atoms with van der Waals surface area (Å²) in [5, 5.41) is 3.53. The van der Waals surface area contributed by atoms with E-state index >= 15 is 0 Å². The Labute approximate surface area is 144 Å². The number of halogens is 3. The smallest absolute Gasteiger partial charge is 0.312 e. The summed E-state index contributed by atoms with van der Waals surface area (Å²) in [4.78, 5) is 18.6. The van der Waals surface area contributed by atoms with Gasteiger partial charge in [0.1, 0.15) is 11.2 Å². The molecule has 130 valence electrons. The van der Waals surface area contributed by atoms with Crippen LogP contribution in [0, 0.1) is 0 Å². The quantitative estimate of drug-likeness (QED) is 0.758. The Morgan fingerprint density at radius 1 is 1.24 bits per heavy atom. The Hall–Kier alpha value is -2.19. The molecular weight excluding hydrogens is 351 g/mol. The molecule has 25 heavy (non-hydrogen) atoms. The van der Waals surface area contributed by atoms with Crippen LogP contribution >= 0.6 is 11.3 Å². The van der Waals surface area contributed by atoms with Gasteiger partial charge in [0.05, 0.1) is 5.39 Å². The summed E-state index contributed by atoms with van der Waals surface area (Å²) in [5.41, 5.74) is 0.221. The summed E-state index contributed by atoms with van der Waals surface area (Å²) in [6.45, 7) is 1.33. The van der Waals surface area contributed by atoms with Crippen LogP contribution in [0.1, 0.15) is 22.0 Å². The second-order valence-corrected chi connectivity index (χ2v) is 7.01. The number of nitrogens with zero attached hydrogens (tertiary/aromatic N) is 2. The van der Waals surface area contributed by atoms with Gasteiger partial charge in [0.2, 0.25) is 0 Å². The van der Waals surface area contributed by atoms with E-state index < -0.39 is 17.8 Å². The largest absolute Gasteiger partial charge is 0.413 e. The van der Waals surface area contributed by atoms with Gasteiger partial charge in [-0.3, -0.25) is 9.36 Å². The van der Waals surface area contributed by atoms with Crippen molar-refractivity contribution in [2.75, 3.05) is 6.54 Å². The van der Waals surface area contributed by atoms with Crippen molar-refractivity contribution in [3.8, 4) is 0 Å². The Morgan fingerprint density at radius 3 is 2.72 bits per heavy atom. The highest BCUT2D eigenvalue weighted by Crippen LogP contribution is 2.36. The predicted octanol–water partition coefficient (Wildman–Crippen LogP) is 3.26. The molecule has 1 aliphatic heterocycles. The summed E-state index contributed by atoms with van der Waals surface area (Å²) >= 11 is 1.37. The molecule has 0 unspecified atom stereocenters. The standard InChI is InChI=1S/C17H14F3N3OS/c18-17(19,20)14(10-4-2-1-3-5-10)23-9-22-15-13(16(23)24)11-6-7-21-8-12(11)25-15/h1-5,9,14,21H,6-8H2/t14-/m1/s1. The molecule has 0 fully saturated rings. The molecule has 1 N–H and O–H groups in total. The molecule has 1 aromatic carbocycles. The molecule has 0 radical (unpaired) electrons. The van der Waals surface area contributed by atoms with Crippen LogP contribution in [0.25, 0.3) is 10.2 Å². The maximum Gasteiger partial charge on any atom is 0.413 e. The SMILES string of the molecule is O=c1c2c3c(sc2ncn1[C@H](c1ccccc1)C(F)(F)F)CNCC3. The molecule has 0 saturated heterocycles. The monoisotopic (exact) mass is 365 g/mol. The van der Waals surface area contributed by atoms with Gasteiger partial charge >= 0.3 is 6.18 Å². The first-order valence-corrected chi connectivity index (χ1v) is 8.62. The second-order valence-electron chi connectivity index (χ2n) is 5.92. The fraction of sp³-hybridized carbons (Fsp3) is 0.294. The summed E-state index contributed by atoms with van der Waals surface area (Å²) in [5.74, 6) is 0. The number of nitrogens with one attached hydrogen (secondary N) is 1. The zero-order chi connectivity index (χ0) is 17.6. The Bertz CT molecular complexity index is 978. The second kappa shape index (κ2) is 5.96. The third-order valence-electron chi connectivity index (χ3n) is 4.36. The van der Waals surface area contributed by atoms with Crippen molar-refractivity contribution in [3.63, 3.8) is 0 Å². The van der Waals surface area contributed by atoms with Gasteiger partial charge in [0.25, 0.3) is 5.56 Å². The van der Waals surface area contributed by atoms with Crippen molar-refractivity contribution in [1.29, 1.82) is 0 Å². The van der Waals surface area contributed by atoms with Crippen LogP contribution in [0.2, 0.25) is 0 Å². The number of hydrogen-bond donors (Lipinski definition) is 1. The number of benzene rings is 1. The van der Waals surface area contributed by atoms with E-state index in [1.54, 1.807) is 6.07 Å². The maximum absolute atomic E-state index is 13.7. The number of thiophene rings is 1. The molecule has 3 aromatic rings. The molecule has 1 aliphatic rings. The lowest BCUT2D eigenvalue weighted by atomic mass is 10.0. The number of alkyl halides is 3. The van der Waals surface area contributed by atoms with Gasteiger partial charge in [0, 0.05) is 11.4 Å². The minimum atomic E-state index is -4.60. The van der Waals surface area contributed by atoms with Crippen molar-refractivity contribution >= 4 is 21.6 Å². The van der Waals surface area contributed by atoms with Crippen LogP contribution in [0.3, 0.4) is 0 Å². The molecule has 4 rings (SSSR count). The lowest BCUT2D eigenvalue weighted by molar-refractivity contribution is -0.157. The maximum atomic E-state index is 13.7. The van der Waals surface area contributed by atoms with Crippen LogP contribution in [-0.2, 0) is 13.0 Å². The number of fused-ring (bicyclic) bond motifs is 3. The number of rotatable bonds is 2. The zero-order valence-electron chi connectivity index (χ0n) is 13.0. The molecule has 0 bridgehead atoms. The normalized spacial score (nSPS) is 16.0. The van der Waals surface area contributed by atoms with Crippen LogP contribution in [0.5, 0.6) is 0 Å². The highest BCUT2D eigenvalue weighted by atomic mass is 32.1. The summed E-state index contributed by atoms with van der Waals surface area (Å²) in [6, 6.07) is 5.41. The first-order chi connectivity index (χ1) is 12.0. The van der Waals surface area contributed by atoms with Crippen molar-refractivity contribution < 1.29 is 13.2 Å². The minimum Gasteiger partial charge on any atom is -0.312 e. The van der Waals surface area contributed by atoms with Crippen LogP contribution in [-0.4, -0.2) is 22.3 Å². The van der Waals surface area contributed by atoms with Gasteiger partial charge in [-0.25, -0.2) is 4.98 Å². The van der Waals surface area contributed by atoms with E-state index in [0.717, 1.165) is 16.8 Å². The average molecular weight is 365 g/mol. The van der Waals surface area contributed by atoms with Crippen LogP contribution in [0.4, 0.5) is 13.2 Å². The van der Waals surface area contributed by atoms with E-state index in [1.165, 1.54) is 35.6 Å². The first-order valence-electron chi connectivity index (χ1n) is 7.80. The molecule has 8 heteroatoms. The highest BCUT2D eigenvalue weighted by Gasteiger charge is 2.43. The molecule has 0 amide bonds. The molecule has 2 aromatic heterocycles. The average Bonchev–Trinajstić information content (AvgIpc) is 2.96. The molecule has 3 heterocycles. The van der Waals surface area contributed by atoms with Gasteiger partial charge in [-0.2, -0.15) is 13.2 Å². The van der Waals surface area contributed by atoms with Gasteiger partial charge in [-0.1, -0.05) is 30.3 Å². The van der Waals surface area contributed by atoms with Gasteiger partial charge in [0.15, 0.2) is 6.04 Å². The molecular formula is C17H14F3N3OS. The summed E-state index contributed by atoms with van der Waals surface area (Å²) in [7, 11) is 0. The van der Waals surface area contributed by atoms with Crippen molar-refractivity contribution in [1.82, 2.24) is 14.9 Å². The Kier molecular flexibility index (Phi) is 3.88. The third-order valence-corrected chi connectivity index (χ3v) is 5.50. The first kappa shape index (κ1) is 16.3. The highest BCUT2D eigenvalue weighted by molar-refractivity contribution is 7.18. The summed E-state index contributed by atoms with van der Waals surface area (Å²) < 4.78 is 41.9. The van der Waals surface area contributed by atoms with Crippen LogP contribution in [0.15, 0.2) is 41.5 Å². The predicted molar refractivity (Wildman–Crippen MR) is 89.9 cm³/mol. The Balaban J connectivity index is 1.96. The lowest BCUT2D eigenvalue weighted by Crippen LogP contribution is -2.35. The topological polar surface area (TPSA) is 46.9 Å². The zero-order valence-corrected chi connectivity index (χ0v) is 13.8.